The Kier molecular flexibility index (Phi) is 2.47. The van der Waals surface area contributed by atoms with Crippen molar-refractivity contribution >= 4 is 5.97 Å². The molecule has 0 saturated heterocycles. The lowest BCUT2D eigenvalue weighted by molar-refractivity contribution is -0.136. The number of aryl methyl sites for hydroxylation is 3. The van der Waals surface area contributed by atoms with Gasteiger partial charge in [0.05, 0.1) is 5.69 Å². The lowest BCUT2D eigenvalue weighted by atomic mass is 10.1. The van der Waals surface area contributed by atoms with Crippen LogP contribution in [-0.4, -0.2) is 20.9 Å². The summed E-state index contributed by atoms with van der Waals surface area (Å²) in [7, 11) is 1.83. The highest BCUT2D eigenvalue weighted by atomic mass is 16.4. The van der Waals surface area contributed by atoms with Crippen molar-refractivity contribution in [2.45, 2.75) is 19.8 Å². The molecule has 66 valence electrons. The van der Waals surface area contributed by atoms with Crippen LogP contribution < -0.4 is 0 Å². The van der Waals surface area contributed by atoms with E-state index in [1.54, 1.807) is 4.68 Å². The minimum atomic E-state index is -0.766. The van der Waals surface area contributed by atoms with Crippen LogP contribution in [0.5, 0.6) is 0 Å². The lowest BCUT2D eigenvalue weighted by Gasteiger charge is -1.92. The molecule has 0 unspecified atom stereocenters. The third-order valence-corrected chi connectivity index (χ3v) is 1.72. The summed E-state index contributed by atoms with van der Waals surface area (Å²) in [6.07, 6.45) is 2.60. The van der Waals surface area contributed by atoms with Crippen LogP contribution in [0.15, 0.2) is 6.20 Å². The average molecular weight is 168 g/mol. The van der Waals surface area contributed by atoms with Crippen LogP contribution in [0.3, 0.4) is 0 Å². The van der Waals surface area contributed by atoms with Crippen molar-refractivity contribution < 1.29 is 9.90 Å². The first-order valence-electron chi connectivity index (χ1n) is 3.80. The zero-order valence-corrected chi connectivity index (χ0v) is 7.24. The van der Waals surface area contributed by atoms with Crippen LogP contribution in [-0.2, 0) is 18.3 Å². The van der Waals surface area contributed by atoms with Crippen molar-refractivity contribution in [3.63, 3.8) is 0 Å². The van der Waals surface area contributed by atoms with Crippen molar-refractivity contribution in [1.29, 1.82) is 0 Å². The van der Waals surface area contributed by atoms with E-state index < -0.39 is 5.97 Å². The Hall–Kier alpha value is -1.32. The molecule has 0 bridgehead atoms. The van der Waals surface area contributed by atoms with E-state index >= 15 is 0 Å². The number of aromatic nitrogens is 2. The van der Waals surface area contributed by atoms with Gasteiger partial charge in [0, 0.05) is 19.7 Å². The Balaban J connectivity index is 2.62. The van der Waals surface area contributed by atoms with Crippen LogP contribution in [0, 0.1) is 6.92 Å². The summed E-state index contributed by atoms with van der Waals surface area (Å²) in [5.74, 6) is -0.766. The van der Waals surface area contributed by atoms with Gasteiger partial charge < -0.3 is 5.11 Å². The Morgan fingerprint density at radius 3 is 2.83 bits per heavy atom. The molecule has 0 amide bonds. The summed E-state index contributed by atoms with van der Waals surface area (Å²) in [5.41, 5.74) is 1.93. The van der Waals surface area contributed by atoms with Gasteiger partial charge in [-0.15, -0.1) is 0 Å². The molecule has 1 N–H and O–H groups in total. The Morgan fingerprint density at radius 2 is 2.42 bits per heavy atom. The number of carboxylic acid groups (broad SMARTS) is 1. The van der Waals surface area contributed by atoms with Crippen LogP contribution >= 0.6 is 0 Å². The highest BCUT2D eigenvalue weighted by Crippen LogP contribution is 2.07. The summed E-state index contributed by atoms with van der Waals surface area (Å²) >= 11 is 0. The summed E-state index contributed by atoms with van der Waals surface area (Å²) < 4.78 is 1.70. The molecule has 1 aromatic rings. The zero-order valence-electron chi connectivity index (χ0n) is 7.24. The molecule has 0 aliphatic heterocycles. The fourth-order valence-electron chi connectivity index (χ4n) is 1.14. The van der Waals surface area contributed by atoms with Crippen molar-refractivity contribution in [2.24, 2.45) is 7.05 Å². The Morgan fingerprint density at radius 1 is 1.75 bits per heavy atom. The van der Waals surface area contributed by atoms with Gasteiger partial charge in [-0.1, -0.05) is 0 Å². The quantitative estimate of drug-likeness (QED) is 0.724. The molecule has 1 aromatic heterocycles. The van der Waals surface area contributed by atoms with Crippen molar-refractivity contribution in [2.75, 3.05) is 0 Å². The molecule has 0 fully saturated rings. The second kappa shape index (κ2) is 3.38. The van der Waals surface area contributed by atoms with E-state index in [0.29, 0.717) is 6.42 Å². The maximum atomic E-state index is 10.3. The monoisotopic (exact) mass is 168 g/mol. The highest BCUT2D eigenvalue weighted by molar-refractivity contribution is 5.67. The first kappa shape index (κ1) is 8.77. The lowest BCUT2D eigenvalue weighted by Crippen LogP contribution is -1.97. The van der Waals surface area contributed by atoms with Crippen LogP contribution in [0.1, 0.15) is 17.7 Å². The minimum absolute atomic E-state index is 0.173. The molecule has 0 aliphatic rings. The maximum absolute atomic E-state index is 10.3. The van der Waals surface area contributed by atoms with E-state index in [0.717, 1.165) is 11.3 Å². The molecule has 1 heterocycles. The van der Waals surface area contributed by atoms with Gasteiger partial charge in [-0.25, -0.2) is 0 Å². The van der Waals surface area contributed by atoms with Gasteiger partial charge in [-0.05, 0) is 18.9 Å². The van der Waals surface area contributed by atoms with Gasteiger partial charge in [-0.2, -0.15) is 5.10 Å². The molecule has 4 heteroatoms. The van der Waals surface area contributed by atoms with Crippen molar-refractivity contribution in [1.82, 2.24) is 9.78 Å². The molecule has 4 nitrogen and oxygen atoms in total. The smallest absolute Gasteiger partial charge is 0.303 e. The molecule has 0 atom stereocenters. The van der Waals surface area contributed by atoms with Gasteiger partial charge in [0.15, 0.2) is 0 Å². The van der Waals surface area contributed by atoms with E-state index in [9.17, 15) is 4.79 Å². The van der Waals surface area contributed by atoms with E-state index in [4.69, 9.17) is 5.11 Å². The number of hydrogen-bond donors (Lipinski definition) is 1. The number of nitrogens with zero attached hydrogens (tertiary/aromatic N) is 2. The van der Waals surface area contributed by atoms with Gasteiger partial charge in [0.1, 0.15) is 0 Å². The largest absolute Gasteiger partial charge is 0.481 e. The van der Waals surface area contributed by atoms with E-state index in [-0.39, 0.29) is 6.42 Å². The fraction of sp³-hybridized carbons (Fsp3) is 0.500. The summed E-state index contributed by atoms with van der Waals surface area (Å²) in [6.45, 7) is 1.89. The minimum Gasteiger partial charge on any atom is -0.481 e. The molecule has 0 radical (unpaired) electrons. The standard InChI is InChI=1S/C8H12N2O2/c1-6-7(3-4-8(11)12)5-10(2)9-6/h5H,3-4H2,1-2H3,(H,11,12). The first-order chi connectivity index (χ1) is 5.59. The van der Waals surface area contributed by atoms with Crippen molar-refractivity contribution in [3.05, 3.63) is 17.5 Å². The molecular weight excluding hydrogens is 156 g/mol. The maximum Gasteiger partial charge on any atom is 0.303 e. The van der Waals surface area contributed by atoms with E-state index in [1.807, 2.05) is 20.2 Å². The number of rotatable bonds is 3. The highest BCUT2D eigenvalue weighted by Gasteiger charge is 2.04. The normalized spacial score (nSPS) is 10.2. The number of aliphatic carboxylic acids is 1. The first-order valence-corrected chi connectivity index (χ1v) is 3.80. The molecule has 1 rings (SSSR count). The number of hydrogen-bond acceptors (Lipinski definition) is 2. The zero-order chi connectivity index (χ0) is 9.14. The van der Waals surface area contributed by atoms with Gasteiger partial charge >= 0.3 is 5.97 Å². The summed E-state index contributed by atoms with van der Waals surface area (Å²) in [5, 5.41) is 12.6. The van der Waals surface area contributed by atoms with Crippen LogP contribution in [0.25, 0.3) is 0 Å². The van der Waals surface area contributed by atoms with E-state index in [2.05, 4.69) is 5.10 Å². The third-order valence-electron chi connectivity index (χ3n) is 1.72. The second-order valence-corrected chi connectivity index (χ2v) is 2.81. The summed E-state index contributed by atoms with van der Waals surface area (Å²) in [6, 6.07) is 0. The summed E-state index contributed by atoms with van der Waals surface area (Å²) in [4.78, 5) is 10.3. The molecule has 0 spiro atoms. The predicted octanol–water partition coefficient (Wildman–Crippen LogP) is 0.746. The van der Waals surface area contributed by atoms with Crippen molar-refractivity contribution in [3.8, 4) is 0 Å². The molecular formula is C8H12N2O2. The second-order valence-electron chi connectivity index (χ2n) is 2.81. The van der Waals surface area contributed by atoms with Gasteiger partial charge in [0.2, 0.25) is 0 Å². The van der Waals surface area contributed by atoms with Gasteiger partial charge in [-0.3, -0.25) is 9.48 Å². The van der Waals surface area contributed by atoms with E-state index in [1.165, 1.54) is 0 Å². The molecule has 0 saturated carbocycles. The number of carboxylic acids is 1. The van der Waals surface area contributed by atoms with Crippen LogP contribution in [0.2, 0.25) is 0 Å². The molecule has 0 aromatic carbocycles. The SMILES string of the molecule is Cc1nn(C)cc1CCC(=O)O. The topological polar surface area (TPSA) is 55.1 Å². The number of carbonyl (C=O) groups is 1. The third kappa shape index (κ3) is 2.08. The average Bonchev–Trinajstić information content (AvgIpc) is 2.26. The molecule has 0 aliphatic carbocycles. The van der Waals surface area contributed by atoms with Gasteiger partial charge in [0.25, 0.3) is 0 Å². The molecule has 12 heavy (non-hydrogen) atoms. The fourth-order valence-corrected chi connectivity index (χ4v) is 1.14. The Labute approximate surface area is 70.8 Å². The predicted molar refractivity (Wildman–Crippen MR) is 43.9 cm³/mol. The Bertz CT molecular complexity index is 291. The van der Waals surface area contributed by atoms with Crippen LogP contribution in [0.4, 0.5) is 0 Å².